The SMILES string of the molecule is O=Cc1ccc(-c2ccc(C=O)cn2)nc1.[Cu]. The second kappa shape index (κ2) is 6.03. The minimum absolute atomic E-state index is 0. The summed E-state index contributed by atoms with van der Waals surface area (Å²) in [7, 11) is 0. The average Bonchev–Trinajstić information content (AvgIpc) is 2.39. The molecule has 2 aromatic rings. The molecular weight excluding hydrogens is 268 g/mol. The molecule has 0 aliphatic carbocycles. The maximum absolute atomic E-state index is 10.4. The first-order valence-corrected chi connectivity index (χ1v) is 4.66. The van der Waals surface area contributed by atoms with Gasteiger partial charge in [-0.2, -0.15) is 0 Å². The molecule has 0 spiro atoms. The predicted octanol–water partition coefficient (Wildman–Crippen LogP) is 1.77. The quantitative estimate of drug-likeness (QED) is 0.633. The third kappa shape index (κ3) is 3.06. The van der Waals surface area contributed by atoms with Crippen molar-refractivity contribution >= 4 is 12.6 Å². The van der Waals surface area contributed by atoms with Crippen LogP contribution < -0.4 is 0 Å². The summed E-state index contributed by atoms with van der Waals surface area (Å²) >= 11 is 0. The van der Waals surface area contributed by atoms with E-state index in [1.165, 1.54) is 12.4 Å². The zero-order valence-corrected chi connectivity index (χ0v) is 9.57. The van der Waals surface area contributed by atoms with E-state index in [4.69, 9.17) is 0 Å². The maximum Gasteiger partial charge on any atom is 0.151 e. The van der Waals surface area contributed by atoms with Crippen molar-refractivity contribution in [2.24, 2.45) is 0 Å². The van der Waals surface area contributed by atoms with E-state index in [0.717, 1.165) is 12.6 Å². The number of carbonyl (C=O) groups is 2. The van der Waals surface area contributed by atoms with Gasteiger partial charge in [0.05, 0.1) is 11.4 Å². The second-order valence-corrected chi connectivity index (χ2v) is 3.19. The Balaban J connectivity index is 0.00000144. The molecule has 0 saturated heterocycles. The van der Waals surface area contributed by atoms with Gasteiger partial charge in [-0.1, -0.05) is 0 Å². The number of pyridine rings is 2. The number of nitrogens with zero attached hydrogens (tertiary/aromatic N) is 2. The van der Waals surface area contributed by atoms with Crippen molar-refractivity contribution in [1.29, 1.82) is 0 Å². The van der Waals surface area contributed by atoms with Crippen LogP contribution in [0.3, 0.4) is 0 Å². The molecule has 2 rings (SSSR count). The van der Waals surface area contributed by atoms with Crippen molar-refractivity contribution in [3.8, 4) is 11.4 Å². The molecule has 0 unspecified atom stereocenters. The van der Waals surface area contributed by atoms with Gasteiger partial charge in [0.25, 0.3) is 0 Å². The van der Waals surface area contributed by atoms with E-state index in [-0.39, 0.29) is 17.1 Å². The molecule has 0 aliphatic rings. The number of hydrogen-bond donors (Lipinski definition) is 0. The molecule has 0 amide bonds. The Hall–Kier alpha value is -1.84. The summed E-state index contributed by atoms with van der Waals surface area (Å²) in [6.45, 7) is 0. The molecule has 0 atom stereocenters. The van der Waals surface area contributed by atoms with Crippen molar-refractivity contribution in [3.63, 3.8) is 0 Å². The van der Waals surface area contributed by atoms with Crippen molar-refractivity contribution in [1.82, 2.24) is 9.97 Å². The molecule has 17 heavy (non-hydrogen) atoms. The van der Waals surface area contributed by atoms with E-state index < -0.39 is 0 Å². The Morgan fingerprint density at radius 1 is 0.765 bits per heavy atom. The number of carbonyl (C=O) groups excluding carboxylic acids is 2. The monoisotopic (exact) mass is 275 g/mol. The van der Waals surface area contributed by atoms with Crippen LogP contribution >= 0.6 is 0 Å². The third-order valence-corrected chi connectivity index (χ3v) is 2.11. The van der Waals surface area contributed by atoms with Gasteiger partial charge in [0.1, 0.15) is 0 Å². The van der Waals surface area contributed by atoms with Crippen LogP contribution in [0.25, 0.3) is 11.4 Å². The Morgan fingerprint density at radius 3 is 1.41 bits per heavy atom. The molecule has 0 saturated carbocycles. The molecule has 5 heteroatoms. The summed E-state index contributed by atoms with van der Waals surface area (Å²) in [4.78, 5) is 29.1. The van der Waals surface area contributed by atoms with Crippen LogP contribution in [0, 0.1) is 0 Å². The third-order valence-electron chi connectivity index (χ3n) is 2.11. The summed E-state index contributed by atoms with van der Waals surface area (Å²) in [5.74, 6) is 0. The van der Waals surface area contributed by atoms with Crippen molar-refractivity contribution in [2.45, 2.75) is 0 Å². The first-order valence-electron chi connectivity index (χ1n) is 4.66. The fourth-order valence-corrected chi connectivity index (χ4v) is 1.25. The predicted molar refractivity (Wildman–Crippen MR) is 58.2 cm³/mol. The largest absolute Gasteiger partial charge is 0.298 e. The van der Waals surface area contributed by atoms with E-state index in [0.29, 0.717) is 22.5 Å². The van der Waals surface area contributed by atoms with E-state index in [2.05, 4.69) is 9.97 Å². The topological polar surface area (TPSA) is 59.9 Å². The Bertz CT molecular complexity index is 460. The number of hydrogen-bond acceptors (Lipinski definition) is 4. The molecule has 0 bridgehead atoms. The van der Waals surface area contributed by atoms with E-state index in [1.54, 1.807) is 24.3 Å². The zero-order chi connectivity index (χ0) is 11.4. The van der Waals surface area contributed by atoms with Crippen LogP contribution in [0.1, 0.15) is 20.7 Å². The van der Waals surface area contributed by atoms with Crippen molar-refractivity contribution < 1.29 is 26.7 Å². The van der Waals surface area contributed by atoms with Crippen LogP contribution in [0.4, 0.5) is 0 Å². The van der Waals surface area contributed by atoms with Gasteiger partial charge in [0.2, 0.25) is 0 Å². The first-order chi connectivity index (χ1) is 7.83. The molecule has 2 aromatic heterocycles. The standard InChI is InChI=1S/C12H8N2O2.Cu/c15-7-9-1-3-11(13-5-9)12-4-2-10(8-16)6-14-12;/h1-8H;. The van der Waals surface area contributed by atoms with Gasteiger partial charge in [-0.25, -0.2) is 0 Å². The van der Waals surface area contributed by atoms with Crippen LogP contribution in [0.15, 0.2) is 36.7 Å². The van der Waals surface area contributed by atoms with Gasteiger partial charge >= 0.3 is 0 Å². The van der Waals surface area contributed by atoms with Gasteiger partial charge in [0, 0.05) is 40.6 Å². The summed E-state index contributed by atoms with van der Waals surface area (Å²) in [6.07, 6.45) is 4.44. The zero-order valence-electron chi connectivity index (χ0n) is 8.63. The van der Waals surface area contributed by atoms with Gasteiger partial charge in [-0.05, 0) is 24.3 Å². The fourth-order valence-electron chi connectivity index (χ4n) is 1.25. The minimum atomic E-state index is 0. The van der Waals surface area contributed by atoms with E-state index in [9.17, 15) is 9.59 Å². The van der Waals surface area contributed by atoms with Gasteiger partial charge in [-0.3, -0.25) is 19.6 Å². The molecule has 1 radical (unpaired) electrons. The summed E-state index contributed by atoms with van der Waals surface area (Å²) in [5.41, 5.74) is 2.38. The van der Waals surface area contributed by atoms with Gasteiger partial charge in [-0.15, -0.1) is 0 Å². The number of aromatic nitrogens is 2. The molecule has 0 aliphatic heterocycles. The molecule has 2 heterocycles. The van der Waals surface area contributed by atoms with Crippen LogP contribution in [-0.2, 0) is 17.1 Å². The molecule has 89 valence electrons. The van der Waals surface area contributed by atoms with Gasteiger partial charge < -0.3 is 0 Å². The first kappa shape index (κ1) is 13.2. The number of rotatable bonds is 3. The van der Waals surface area contributed by atoms with Crippen molar-refractivity contribution in [2.75, 3.05) is 0 Å². The Labute approximate surface area is 109 Å². The normalized spacial score (nSPS) is 9.18. The summed E-state index contributed by atoms with van der Waals surface area (Å²) < 4.78 is 0. The van der Waals surface area contributed by atoms with E-state index in [1.807, 2.05) is 0 Å². The van der Waals surface area contributed by atoms with Crippen LogP contribution in [0.5, 0.6) is 0 Å². The second-order valence-electron chi connectivity index (χ2n) is 3.19. The molecule has 4 nitrogen and oxygen atoms in total. The van der Waals surface area contributed by atoms with Crippen LogP contribution in [-0.4, -0.2) is 22.5 Å². The molecular formula is C12H8CuN2O2. The Kier molecular flexibility index (Phi) is 4.69. The molecule has 0 aromatic carbocycles. The van der Waals surface area contributed by atoms with Gasteiger partial charge in [0.15, 0.2) is 12.6 Å². The van der Waals surface area contributed by atoms with Crippen LogP contribution in [0.2, 0.25) is 0 Å². The maximum atomic E-state index is 10.4. The average molecular weight is 276 g/mol. The van der Waals surface area contributed by atoms with Crippen molar-refractivity contribution in [3.05, 3.63) is 47.8 Å². The molecule has 0 N–H and O–H groups in total. The molecule has 0 fully saturated rings. The number of aldehydes is 2. The Morgan fingerprint density at radius 2 is 1.18 bits per heavy atom. The summed E-state index contributed by atoms with van der Waals surface area (Å²) in [5, 5.41) is 0. The van der Waals surface area contributed by atoms with E-state index >= 15 is 0 Å². The summed E-state index contributed by atoms with van der Waals surface area (Å²) in [6, 6.07) is 6.77. The minimum Gasteiger partial charge on any atom is -0.298 e. The fraction of sp³-hybridized carbons (Fsp3) is 0. The smallest absolute Gasteiger partial charge is 0.151 e.